The molecule has 0 saturated carbocycles. The second kappa shape index (κ2) is 11.4. The van der Waals surface area contributed by atoms with Crippen LogP contribution in [-0.4, -0.2) is 29.4 Å². The smallest absolute Gasteiger partial charge is 0.339 e. The molecule has 0 aromatic heterocycles. The average Bonchev–Trinajstić information content (AvgIpc) is 2.78. The number of carbonyl (C=O) groups is 1. The molecule has 3 aromatic carbocycles. The summed E-state index contributed by atoms with van der Waals surface area (Å²) in [5, 5.41) is 21.5. The van der Waals surface area contributed by atoms with E-state index in [0.29, 0.717) is 19.6 Å². The third-order valence-electron chi connectivity index (χ3n) is 5.33. The number of ether oxygens (including phenoxy) is 2. The summed E-state index contributed by atoms with van der Waals surface area (Å²) in [6.07, 6.45) is 3.62. The van der Waals surface area contributed by atoms with Crippen molar-refractivity contribution >= 4 is 16.7 Å². The molecule has 5 heteroatoms. The highest BCUT2D eigenvalue weighted by Crippen LogP contribution is 2.30. The van der Waals surface area contributed by atoms with Crippen molar-refractivity contribution in [3.8, 4) is 11.5 Å². The Bertz CT molecular complexity index is 993. The van der Waals surface area contributed by atoms with Gasteiger partial charge in [-0.05, 0) is 54.2 Å². The number of benzene rings is 3. The molecule has 0 bridgehead atoms. The predicted octanol–water partition coefficient (Wildman–Crippen LogP) is 5.67. The van der Waals surface area contributed by atoms with E-state index in [-0.39, 0.29) is 17.5 Å². The molecule has 3 aromatic rings. The van der Waals surface area contributed by atoms with Gasteiger partial charge in [-0.2, -0.15) is 0 Å². The van der Waals surface area contributed by atoms with Crippen LogP contribution < -0.4 is 0 Å². The highest BCUT2D eigenvalue weighted by Gasteiger charge is 2.24. The van der Waals surface area contributed by atoms with Crippen molar-refractivity contribution < 1.29 is 24.5 Å². The van der Waals surface area contributed by atoms with Gasteiger partial charge in [-0.1, -0.05) is 67.4 Å². The summed E-state index contributed by atoms with van der Waals surface area (Å²) >= 11 is 0. The lowest BCUT2D eigenvalue weighted by Crippen LogP contribution is -2.20. The van der Waals surface area contributed by atoms with Gasteiger partial charge in [-0.3, -0.25) is 0 Å². The van der Waals surface area contributed by atoms with Gasteiger partial charge in [0.2, 0.25) is 0 Å². The number of fused-ring (bicyclic) bond motifs is 1. The van der Waals surface area contributed by atoms with Crippen LogP contribution in [0.1, 0.15) is 49.8 Å². The van der Waals surface area contributed by atoms with Crippen molar-refractivity contribution in [2.45, 2.75) is 45.1 Å². The highest BCUT2D eigenvalue weighted by atomic mass is 16.6. The van der Waals surface area contributed by atoms with E-state index in [9.17, 15) is 15.0 Å². The van der Waals surface area contributed by atoms with Crippen molar-refractivity contribution in [3.63, 3.8) is 0 Å². The Morgan fingerprint density at radius 2 is 1.65 bits per heavy atom. The zero-order valence-electron chi connectivity index (χ0n) is 17.9. The van der Waals surface area contributed by atoms with Crippen LogP contribution in [0.25, 0.3) is 10.8 Å². The molecule has 0 spiro atoms. The van der Waals surface area contributed by atoms with Crippen LogP contribution >= 0.6 is 0 Å². The van der Waals surface area contributed by atoms with Crippen LogP contribution in [0.4, 0.5) is 0 Å². The molecule has 0 aliphatic carbocycles. The van der Waals surface area contributed by atoms with Crippen LogP contribution in [0.3, 0.4) is 0 Å². The predicted molar refractivity (Wildman–Crippen MR) is 121 cm³/mol. The summed E-state index contributed by atoms with van der Waals surface area (Å²) in [5.41, 5.74) is 1.59. The maximum absolute atomic E-state index is 12.6. The number of esters is 1. The lowest BCUT2D eigenvalue weighted by Gasteiger charge is -2.18. The second-order valence-electron chi connectivity index (χ2n) is 7.52. The van der Waals surface area contributed by atoms with E-state index in [2.05, 4.69) is 0 Å². The van der Waals surface area contributed by atoms with Crippen molar-refractivity contribution in [1.82, 2.24) is 0 Å². The SMILES string of the molecule is CCOC(=O)C(OCCCCCCc1cccc(O)c1O)c1cccc2ccccc12. The summed E-state index contributed by atoms with van der Waals surface area (Å²) in [7, 11) is 0. The third-order valence-corrected chi connectivity index (χ3v) is 5.33. The number of aryl methyl sites for hydroxylation is 1. The summed E-state index contributed by atoms with van der Waals surface area (Å²) in [6.45, 7) is 2.57. The fourth-order valence-corrected chi connectivity index (χ4v) is 3.73. The minimum atomic E-state index is -0.740. The van der Waals surface area contributed by atoms with E-state index in [0.717, 1.165) is 47.6 Å². The Kier molecular flexibility index (Phi) is 8.30. The molecule has 0 heterocycles. The van der Waals surface area contributed by atoms with E-state index in [4.69, 9.17) is 9.47 Å². The van der Waals surface area contributed by atoms with E-state index >= 15 is 0 Å². The topological polar surface area (TPSA) is 76.0 Å². The van der Waals surface area contributed by atoms with Gasteiger partial charge in [0.25, 0.3) is 0 Å². The first kappa shape index (κ1) is 22.6. The van der Waals surface area contributed by atoms with E-state index in [1.807, 2.05) is 48.5 Å². The molecule has 0 aliphatic heterocycles. The number of carbonyl (C=O) groups excluding carboxylic acids is 1. The lowest BCUT2D eigenvalue weighted by molar-refractivity contribution is -0.157. The Balaban J connectivity index is 1.52. The number of phenolic OH excluding ortho intramolecular Hbond substituents is 2. The first-order valence-corrected chi connectivity index (χ1v) is 10.9. The normalized spacial score (nSPS) is 12.0. The Morgan fingerprint density at radius 1 is 0.903 bits per heavy atom. The Morgan fingerprint density at radius 3 is 2.48 bits per heavy atom. The fourth-order valence-electron chi connectivity index (χ4n) is 3.73. The fraction of sp³-hybridized carbons (Fsp3) is 0.346. The van der Waals surface area contributed by atoms with Crippen LogP contribution in [0.15, 0.2) is 60.7 Å². The van der Waals surface area contributed by atoms with Crippen molar-refractivity contribution in [3.05, 3.63) is 71.8 Å². The van der Waals surface area contributed by atoms with Gasteiger partial charge in [0.05, 0.1) is 6.61 Å². The Labute approximate surface area is 183 Å². The molecule has 5 nitrogen and oxygen atoms in total. The lowest BCUT2D eigenvalue weighted by atomic mass is 10.0. The minimum Gasteiger partial charge on any atom is -0.504 e. The zero-order chi connectivity index (χ0) is 22.1. The first-order chi connectivity index (χ1) is 15.1. The van der Waals surface area contributed by atoms with E-state index in [1.165, 1.54) is 6.07 Å². The average molecular weight is 423 g/mol. The Hall–Kier alpha value is -3.05. The molecular formula is C26H30O5. The molecule has 1 atom stereocenters. The monoisotopic (exact) mass is 422 g/mol. The number of para-hydroxylation sites is 1. The van der Waals surface area contributed by atoms with Crippen molar-refractivity contribution in [2.75, 3.05) is 13.2 Å². The van der Waals surface area contributed by atoms with Gasteiger partial charge in [-0.15, -0.1) is 0 Å². The van der Waals surface area contributed by atoms with Gasteiger partial charge in [-0.25, -0.2) is 4.79 Å². The number of hydrogen-bond donors (Lipinski definition) is 2. The highest BCUT2D eigenvalue weighted by molar-refractivity contribution is 5.90. The molecule has 3 rings (SSSR count). The number of hydrogen-bond acceptors (Lipinski definition) is 5. The molecule has 0 aliphatic rings. The standard InChI is InChI=1S/C26H30O5/c1-2-30-26(29)25(22-16-9-13-19-11-6-7-15-21(19)22)31-18-8-4-3-5-12-20-14-10-17-23(27)24(20)28/h6-7,9-11,13-17,25,27-28H,2-5,8,12,18H2,1H3. The van der Waals surface area contributed by atoms with E-state index < -0.39 is 6.10 Å². The molecule has 164 valence electrons. The molecule has 0 fully saturated rings. The summed E-state index contributed by atoms with van der Waals surface area (Å²) in [6, 6.07) is 18.9. The molecule has 2 N–H and O–H groups in total. The van der Waals surface area contributed by atoms with Gasteiger partial charge in [0.15, 0.2) is 17.6 Å². The van der Waals surface area contributed by atoms with Crippen LogP contribution in [0.5, 0.6) is 11.5 Å². The first-order valence-electron chi connectivity index (χ1n) is 10.9. The molecule has 1 unspecified atom stereocenters. The molecular weight excluding hydrogens is 392 g/mol. The number of phenols is 2. The summed E-state index contributed by atoms with van der Waals surface area (Å²) < 4.78 is 11.3. The summed E-state index contributed by atoms with van der Waals surface area (Å²) in [4.78, 5) is 12.6. The largest absolute Gasteiger partial charge is 0.504 e. The second-order valence-corrected chi connectivity index (χ2v) is 7.52. The molecule has 0 amide bonds. The maximum atomic E-state index is 12.6. The number of rotatable bonds is 11. The number of unbranched alkanes of at least 4 members (excludes halogenated alkanes) is 3. The minimum absolute atomic E-state index is 0.0294. The zero-order valence-corrected chi connectivity index (χ0v) is 17.9. The van der Waals surface area contributed by atoms with Crippen LogP contribution in [0.2, 0.25) is 0 Å². The van der Waals surface area contributed by atoms with E-state index in [1.54, 1.807) is 13.0 Å². The summed E-state index contributed by atoms with van der Waals surface area (Å²) in [5.74, 6) is -0.472. The van der Waals surface area contributed by atoms with Gasteiger partial charge < -0.3 is 19.7 Å². The van der Waals surface area contributed by atoms with Gasteiger partial charge in [0, 0.05) is 6.61 Å². The van der Waals surface area contributed by atoms with Crippen molar-refractivity contribution in [1.29, 1.82) is 0 Å². The maximum Gasteiger partial charge on any atom is 0.339 e. The van der Waals surface area contributed by atoms with Crippen LogP contribution in [-0.2, 0) is 20.7 Å². The van der Waals surface area contributed by atoms with Crippen molar-refractivity contribution in [2.24, 2.45) is 0 Å². The quantitative estimate of drug-likeness (QED) is 0.236. The van der Waals surface area contributed by atoms with Crippen LogP contribution in [0, 0.1) is 0 Å². The van der Waals surface area contributed by atoms with Gasteiger partial charge in [0.1, 0.15) is 0 Å². The molecule has 0 radical (unpaired) electrons. The van der Waals surface area contributed by atoms with Gasteiger partial charge >= 0.3 is 5.97 Å². The number of aromatic hydroxyl groups is 2. The third kappa shape index (κ3) is 5.98. The molecule has 31 heavy (non-hydrogen) atoms. The molecule has 0 saturated heterocycles.